The van der Waals surface area contributed by atoms with Crippen LogP contribution in [0.25, 0.3) is 0 Å². The van der Waals surface area contributed by atoms with Gasteiger partial charge in [0.2, 0.25) is 0 Å². The molecule has 0 unspecified atom stereocenters. The second kappa shape index (κ2) is 9.64. The van der Waals surface area contributed by atoms with Crippen molar-refractivity contribution in [3.63, 3.8) is 0 Å². The van der Waals surface area contributed by atoms with Crippen LogP contribution in [0.2, 0.25) is 0 Å². The lowest BCUT2D eigenvalue weighted by Gasteiger charge is -2.27. The Kier molecular flexibility index (Phi) is 6.97. The molecule has 134 valence electrons. The van der Waals surface area contributed by atoms with E-state index in [0.717, 1.165) is 25.4 Å². The van der Waals surface area contributed by atoms with Crippen molar-refractivity contribution in [3.8, 4) is 0 Å². The molecular weight excluding hydrogens is 337 g/mol. The van der Waals surface area contributed by atoms with Gasteiger partial charge in [-0.25, -0.2) is 0 Å². The molecule has 26 heavy (non-hydrogen) atoms. The van der Waals surface area contributed by atoms with Crippen molar-refractivity contribution >= 4 is 23.2 Å². The minimum Gasteiger partial charge on any atom is -0.251 e. The minimum atomic E-state index is -1.70. The van der Waals surface area contributed by atoms with Gasteiger partial charge in [-0.2, -0.15) is 0 Å². The lowest BCUT2D eigenvalue weighted by Crippen LogP contribution is -2.33. The van der Waals surface area contributed by atoms with Crippen LogP contribution in [0.1, 0.15) is 25.7 Å². The summed E-state index contributed by atoms with van der Waals surface area (Å²) in [5.41, 5.74) is 0. The highest BCUT2D eigenvalue weighted by molar-refractivity contribution is 7.95. The van der Waals surface area contributed by atoms with Crippen molar-refractivity contribution in [3.05, 3.63) is 91.0 Å². The number of alkyl halides is 1. The molecule has 0 atom stereocenters. The smallest absolute Gasteiger partial charge is 0.112 e. The Labute approximate surface area is 157 Å². The van der Waals surface area contributed by atoms with Gasteiger partial charge in [-0.15, -0.1) is 0 Å². The number of benzene rings is 3. The molecule has 0 bridgehead atoms. The van der Waals surface area contributed by atoms with Crippen LogP contribution in [0.3, 0.4) is 0 Å². The second-order valence-corrected chi connectivity index (χ2v) is 10.3. The fourth-order valence-electron chi connectivity index (χ4n) is 3.68. The van der Waals surface area contributed by atoms with E-state index in [0.29, 0.717) is 6.42 Å². The Hall–Kier alpha value is -1.98. The fourth-order valence-corrected chi connectivity index (χ4v) is 8.09. The first-order valence-electron chi connectivity index (χ1n) is 9.49. The number of rotatable bonds is 9. The number of hydrogen-bond donors (Lipinski definition) is 0. The van der Waals surface area contributed by atoms with E-state index in [9.17, 15) is 4.39 Å². The van der Waals surface area contributed by atoms with E-state index in [1.807, 2.05) is 0 Å². The third-order valence-electron chi connectivity index (χ3n) is 4.97. The summed E-state index contributed by atoms with van der Waals surface area (Å²) in [5, 5.41) is 4.30. The summed E-state index contributed by atoms with van der Waals surface area (Å²) in [6, 6.07) is 32.9. The van der Waals surface area contributed by atoms with Crippen LogP contribution < -0.4 is 15.9 Å². The van der Waals surface area contributed by atoms with E-state index >= 15 is 0 Å². The van der Waals surface area contributed by atoms with E-state index in [1.54, 1.807) is 0 Å². The maximum atomic E-state index is 12.5. The zero-order valence-electron chi connectivity index (χ0n) is 15.2. The second-order valence-electron chi connectivity index (χ2n) is 6.64. The molecule has 0 aliphatic heterocycles. The molecular formula is C24H27FP+. The predicted octanol–water partition coefficient (Wildman–Crippen LogP) is 5.51. The number of halogens is 1. The molecule has 3 rings (SSSR count). The van der Waals surface area contributed by atoms with Crippen LogP contribution in [0, 0.1) is 0 Å². The van der Waals surface area contributed by atoms with Gasteiger partial charge in [0.25, 0.3) is 0 Å². The Morgan fingerprint density at radius 2 is 0.885 bits per heavy atom. The van der Waals surface area contributed by atoms with Crippen LogP contribution in [0.5, 0.6) is 0 Å². The monoisotopic (exact) mass is 364 g/mol. The van der Waals surface area contributed by atoms with E-state index in [4.69, 9.17) is 0 Å². The van der Waals surface area contributed by atoms with Gasteiger partial charge in [0.1, 0.15) is 23.2 Å². The van der Waals surface area contributed by atoms with Crippen molar-refractivity contribution in [1.82, 2.24) is 0 Å². The molecule has 0 aromatic heterocycles. The zero-order chi connectivity index (χ0) is 18.1. The minimum absolute atomic E-state index is 0.198. The maximum absolute atomic E-state index is 12.5. The molecule has 0 radical (unpaired) electrons. The van der Waals surface area contributed by atoms with Crippen molar-refractivity contribution in [1.29, 1.82) is 0 Å². The molecule has 0 aliphatic carbocycles. The molecule has 0 spiro atoms. The summed E-state index contributed by atoms with van der Waals surface area (Å²) in [7, 11) is -1.70. The van der Waals surface area contributed by atoms with E-state index in [1.165, 1.54) is 15.9 Å². The van der Waals surface area contributed by atoms with Gasteiger partial charge in [-0.05, 0) is 55.7 Å². The summed E-state index contributed by atoms with van der Waals surface area (Å²) >= 11 is 0. The van der Waals surface area contributed by atoms with Crippen LogP contribution in [-0.2, 0) is 0 Å². The van der Waals surface area contributed by atoms with Gasteiger partial charge in [-0.3, -0.25) is 4.39 Å². The SMILES string of the molecule is [18F]CCCCCC[P+](c1ccccc1)(c1ccccc1)c1ccccc1. The summed E-state index contributed by atoms with van der Waals surface area (Å²) in [4.78, 5) is 0. The third-order valence-corrected chi connectivity index (χ3v) is 9.49. The van der Waals surface area contributed by atoms with E-state index in [2.05, 4.69) is 91.0 Å². The molecule has 0 aliphatic rings. The summed E-state index contributed by atoms with van der Waals surface area (Å²) in [6.07, 6.45) is 5.03. The third kappa shape index (κ3) is 4.22. The molecule has 0 amide bonds. The van der Waals surface area contributed by atoms with Crippen LogP contribution in [-0.4, -0.2) is 12.8 Å². The molecule has 0 N–H and O–H groups in total. The van der Waals surface area contributed by atoms with Crippen LogP contribution in [0.15, 0.2) is 91.0 Å². The molecule has 0 saturated carbocycles. The quantitative estimate of drug-likeness (QED) is 0.347. The highest BCUT2D eigenvalue weighted by Crippen LogP contribution is 2.55. The Balaban J connectivity index is 2.06. The Bertz CT molecular complexity index is 659. The van der Waals surface area contributed by atoms with Crippen molar-refractivity contribution in [2.24, 2.45) is 0 Å². The average Bonchev–Trinajstić information content (AvgIpc) is 2.73. The molecule has 3 aromatic carbocycles. The predicted molar refractivity (Wildman–Crippen MR) is 114 cm³/mol. The van der Waals surface area contributed by atoms with Gasteiger partial charge < -0.3 is 0 Å². The topological polar surface area (TPSA) is 0 Å². The number of unbranched alkanes of at least 4 members (excludes halogenated alkanes) is 3. The lowest BCUT2D eigenvalue weighted by molar-refractivity contribution is 0.455. The molecule has 0 nitrogen and oxygen atoms in total. The normalized spacial score (nSPS) is 11.4. The highest BCUT2D eigenvalue weighted by Gasteiger charge is 2.44. The van der Waals surface area contributed by atoms with Crippen LogP contribution in [0.4, 0.5) is 4.39 Å². The zero-order valence-corrected chi connectivity index (χ0v) is 16.1. The van der Waals surface area contributed by atoms with Gasteiger partial charge in [0.05, 0.1) is 12.8 Å². The van der Waals surface area contributed by atoms with Crippen molar-refractivity contribution in [2.75, 3.05) is 12.8 Å². The first kappa shape index (κ1) is 18.8. The first-order chi connectivity index (χ1) is 12.9. The van der Waals surface area contributed by atoms with Gasteiger partial charge in [0.15, 0.2) is 0 Å². The number of hydrogen-bond acceptors (Lipinski definition) is 0. The highest BCUT2D eigenvalue weighted by atomic mass is 31.2. The summed E-state index contributed by atoms with van der Waals surface area (Å²) < 4.78 is 12.5. The molecule has 0 saturated heterocycles. The molecule has 0 fully saturated rings. The Morgan fingerprint density at radius 1 is 0.500 bits per heavy atom. The Morgan fingerprint density at radius 3 is 1.27 bits per heavy atom. The van der Waals surface area contributed by atoms with E-state index < -0.39 is 7.26 Å². The van der Waals surface area contributed by atoms with Crippen molar-refractivity contribution < 1.29 is 4.39 Å². The molecule has 0 heterocycles. The van der Waals surface area contributed by atoms with Gasteiger partial charge in [-0.1, -0.05) is 61.0 Å². The van der Waals surface area contributed by atoms with Crippen molar-refractivity contribution in [2.45, 2.75) is 25.7 Å². The maximum Gasteiger partial charge on any atom is 0.112 e. The first-order valence-corrected chi connectivity index (χ1v) is 11.5. The van der Waals surface area contributed by atoms with Gasteiger partial charge in [0, 0.05) is 0 Å². The largest absolute Gasteiger partial charge is 0.251 e. The molecule has 2 heteroatoms. The van der Waals surface area contributed by atoms with Crippen LogP contribution >= 0.6 is 7.26 Å². The molecule has 3 aromatic rings. The van der Waals surface area contributed by atoms with Gasteiger partial charge >= 0.3 is 0 Å². The standard InChI is InChI=1S/C24H27FP/c25-20-12-1-2-13-21-26(22-14-6-3-7-15-22,23-16-8-4-9-17-23)24-18-10-5-11-19-24/h3-11,14-19H,1-2,12-13,20-21H2/q+1/i25-1. The summed E-state index contributed by atoms with van der Waals surface area (Å²) in [5.74, 6) is 0. The van der Waals surface area contributed by atoms with E-state index in [-0.39, 0.29) is 6.67 Å². The lowest BCUT2D eigenvalue weighted by atomic mass is 10.2. The summed E-state index contributed by atoms with van der Waals surface area (Å²) in [6.45, 7) is -0.198. The average molecular weight is 364 g/mol. The fraction of sp³-hybridized carbons (Fsp3) is 0.250.